The van der Waals surface area contributed by atoms with Crippen LogP contribution in [0.1, 0.15) is 33.9 Å². The number of rotatable bonds is 5. The molecule has 2 aliphatic rings. The van der Waals surface area contributed by atoms with Crippen molar-refractivity contribution in [3.8, 4) is 22.3 Å². The normalized spacial score (nSPS) is 12.3. The second kappa shape index (κ2) is 12.4. The first-order chi connectivity index (χ1) is 25.1. The fraction of sp³-hybridized carbons (Fsp3) is 0. The molecule has 0 aliphatic carbocycles. The molecule has 0 unspecified atom stereocenters. The molecule has 4 aromatic carbocycles. The van der Waals surface area contributed by atoms with Crippen LogP contribution in [0.25, 0.3) is 67.6 Å². The Morgan fingerprint density at radius 1 is 0.471 bits per heavy atom. The fourth-order valence-electron chi connectivity index (χ4n) is 6.82. The highest BCUT2D eigenvalue weighted by Gasteiger charge is 2.25. The minimum absolute atomic E-state index is 0.117. The summed E-state index contributed by atoms with van der Waals surface area (Å²) >= 11 is 0. The first-order valence-corrected chi connectivity index (χ1v) is 16.7. The van der Waals surface area contributed by atoms with Crippen molar-refractivity contribution in [3.05, 3.63) is 196 Å². The average molecular weight is 660 g/mol. The number of benzene rings is 4. The van der Waals surface area contributed by atoms with E-state index in [2.05, 4.69) is 52.4 Å². The zero-order valence-electron chi connectivity index (χ0n) is 27.2. The van der Waals surface area contributed by atoms with Crippen molar-refractivity contribution < 1.29 is 4.92 Å². The van der Waals surface area contributed by atoms with Crippen molar-refractivity contribution in [2.75, 3.05) is 0 Å². The van der Waals surface area contributed by atoms with Gasteiger partial charge in [0.2, 0.25) is 0 Å². The Morgan fingerprint density at radius 2 is 0.941 bits per heavy atom. The number of nitro groups is 1. The lowest BCUT2D eigenvalue weighted by Gasteiger charge is -2.03. The maximum Gasteiger partial charge on any atom is 0.297 e. The Hall–Kier alpha value is -7.12. The number of hydrogen-bond donors (Lipinski definition) is 2. The summed E-state index contributed by atoms with van der Waals surface area (Å²) < 4.78 is 0. The van der Waals surface area contributed by atoms with Crippen LogP contribution in [0.5, 0.6) is 0 Å². The molecule has 3 aromatic heterocycles. The van der Waals surface area contributed by atoms with E-state index in [1.807, 2.05) is 115 Å². The van der Waals surface area contributed by atoms with Gasteiger partial charge in [-0.25, -0.2) is 9.97 Å². The van der Waals surface area contributed by atoms with E-state index in [0.29, 0.717) is 16.8 Å². The molecule has 0 amide bonds. The number of aromatic nitrogens is 4. The number of fused-ring (bicyclic) bond motifs is 10. The molecule has 242 valence electrons. The summed E-state index contributed by atoms with van der Waals surface area (Å²) in [5.41, 5.74) is 12.6. The highest BCUT2D eigenvalue weighted by atomic mass is 16.6. The number of nitrogens with zero attached hydrogens (tertiary/aromatic N) is 3. The molecule has 0 saturated carbocycles. The van der Waals surface area contributed by atoms with Crippen LogP contribution >= 0.6 is 0 Å². The molecule has 9 rings (SSSR count). The Bertz CT molecular complexity index is 2690. The van der Waals surface area contributed by atoms with Crippen molar-refractivity contribution in [2.24, 2.45) is 0 Å². The first-order valence-electron chi connectivity index (χ1n) is 16.7. The SMILES string of the molecule is O=[N+]([O-])c1cc2[nH]c(cc2-c2ccccc2)c2nc(ccc3[nH]c(cc3-c3ccccc3)c3nc1C(c1ccccc1)=C3)C(c1ccccc1)=C2. The molecule has 0 saturated heterocycles. The fourth-order valence-corrected chi connectivity index (χ4v) is 6.82. The highest BCUT2D eigenvalue weighted by Crippen LogP contribution is 2.38. The standard InChI is InChI=1S/C44H29N5O2/c50-49(51)43-27-38-34(30-17-9-3-10-18-30)25-40(47-38)39-23-32(28-13-5-1-6-14-28)36(45-39)21-22-37-33(29-15-7-2-8-16-29)24-41(46-37)42-26-35(44(43)48-42)31-19-11-4-12-20-31/h1-27,46-47H. The Morgan fingerprint density at radius 3 is 1.51 bits per heavy atom. The van der Waals surface area contributed by atoms with Crippen LogP contribution in [0.2, 0.25) is 0 Å². The molecular formula is C44H29N5O2. The van der Waals surface area contributed by atoms with Gasteiger partial charge in [0.1, 0.15) is 5.69 Å². The van der Waals surface area contributed by atoms with E-state index in [0.717, 1.165) is 66.9 Å². The van der Waals surface area contributed by atoms with E-state index in [1.54, 1.807) is 6.07 Å². The molecule has 5 heterocycles. The van der Waals surface area contributed by atoms with Crippen LogP contribution < -0.4 is 0 Å². The van der Waals surface area contributed by atoms with Gasteiger partial charge in [0.25, 0.3) is 5.69 Å². The molecule has 2 N–H and O–H groups in total. The lowest BCUT2D eigenvalue weighted by molar-refractivity contribution is -0.385. The summed E-state index contributed by atoms with van der Waals surface area (Å²) in [5.74, 6) is 0. The van der Waals surface area contributed by atoms with Crippen LogP contribution in [0.3, 0.4) is 0 Å². The summed E-state index contributed by atoms with van der Waals surface area (Å²) in [6.07, 6.45) is 4.01. The van der Waals surface area contributed by atoms with E-state index in [9.17, 15) is 10.1 Å². The zero-order valence-corrected chi connectivity index (χ0v) is 27.2. The monoisotopic (exact) mass is 659 g/mol. The second-order valence-corrected chi connectivity index (χ2v) is 12.4. The average Bonchev–Trinajstić information content (AvgIpc) is 3.99. The lowest BCUT2D eigenvalue weighted by Crippen LogP contribution is -1.95. The largest absolute Gasteiger partial charge is 0.353 e. The van der Waals surface area contributed by atoms with Crippen molar-refractivity contribution >= 4 is 51.1 Å². The molecule has 8 bridgehead atoms. The summed E-state index contributed by atoms with van der Waals surface area (Å²) in [5, 5.41) is 13.1. The first kappa shape index (κ1) is 30.0. The quantitative estimate of drug-likeness (QED) is 0.142. The Kier molecular flexibility index (Phi) is 7.29. The second-order valence-electron chi connectivity index (χ2n) is 12.4. The van der Waals surface area contributed by atoms with Gasteiger partial charge in [-0.2, -0.15) is 0 Å². The van der Waals surface area contributed by atoms with Crippen LogP contribution in [0.4, 0.5) is 5.69 Å². The predicted octanol–water partition coefficient (Wildman–Crippen LogP) is 10.7. The highest BCUT2D eigenvalue weighted by molar-refractivity contribution is 6.01. The van der Waals surface area contributed by atoms with E-state index in [1.165, 1.54) is 0 Å². The predicted molar refractivity (Wildman–Crippen MR) is 205 cm³/mol. The van der Waals surface area contributed by atoms with Crippen molar-refractivity contribution in [1.29, 1.82) is 0 Å². The molecule has 7 aromatic rings. The maximum absolute atomic E-state index is 13.1. The molecular weight excluding hydrogens is 631 g/mol. The van der Waals surface area contributed by atoms with Gasteiger partial charge in [-0.3, -0.25) is 10.1 Å². The van der Waals surface area contributed by atoms with Crippen LogP contribution in [-0.4, -0.2) is 24.9 Å². The number of aromatic amines is 2. The topological polar surface area (TPSA) is 100 Å². The third-order valence-corrected chi connectivity index (χ3v) is 9.28. The number of H-pyrrole nitrogens is 2. The third kappa shape index (κ3) is 5.53. The molecule has 0 fully saturated rings. The summed E-state index contributed by atoms with van der Waals surface area (Å²) in [6.45, 7) is 0. The summed E-state index contributed by atoms with van der Waals surface area (Å²) in [4.78, 5) is 30.0. The van der Waals surface area contributed by atoms with Crippen LogP contribution in [0.15, 0.2) is 152 Å². The summed E-state index contributed by atoms with van der Waals surface area (Å²) in [7, 11) is 0. The van der Waals surface area contributed by atoms with E-state index < -0.39 is 0 Å². The molecule has 2 aliphatic heterocycles. The lowest BCUT2D eigenvalue weighted by atomic mass is 10.0. The van der Waals surface area contributed by atoms with E-state index in [-0.39, 0.29) is 16.3 Å². The minimum Gasteiger partial charge on any atom is -0.353 e. The smallest absolute Gasteiger partial charge is 0.297 e. The molecule has 0 radical (unpaired) electrons. The van der Waals surface area contributed by atoms with Crippen LogP contribution in [-0.2, 0) is 0 Å². The molecule has 0 atom stereocenters. The van der Waals surface area contributed by atoms with Gasteiger partial charge >= 0.3 is 0 Å². The van der Waals surface area contributed by atoms with Gasteiger partial charge in [0.15, 0.2) is 0 Å². The Labute approximate surface area is 293 Å². The van der Waals surface area contributed by atoms with Gasteiger partial charge in [0.05, 0.1) is 38.6 Å². The minimum atomic E-state index is -0.346. The summed E-state index contributed by atoms with van der Waals surface area (Å²) in [6, 6.07) is 49.7. The van der Waals surface area contributed by atoms with Gasteiger partial charge in [-0.1, -0.05) is 121 Å². The molecule has 51 heavy (non-hydrogen) atoms. The van der Waals surface area contributed by atoms with Crippen molar-refractivity contribution in [2.45, 2.75) is 0 Å². The third-order valence-electron chi connectivity index (χ3n) is 9.28. The van der Waals surface area contributed by atoms with Gasteiger partial charge in [-0.15, -0.1) is 0 Å². The van der Waals surface area contributed by atoms with E-state index in [4.69, 9.17) is 9.97 Å². The zero-order chi connectivity index (χ0) is 34.3. The van der Waals surface area contributed by atoms with Gasteiger partial charge in [0, 0.05) is 33.9 Å². The number of hydrogen-bond acceptors (Lipinski definition) is 4. The molecule has 0 spiro atoms. The molecule has 7 heteroatoms. The van der Waals surface area contributed by atoms with Gasteiger partial charge < -0.3 is 9.97 Å². The Balaban J connectivity index is 1.43. The van der Waals surface area contributed by atoms with Crippen molar-refractivity contribution in [1.82, 2.24) is 19.9 Å². The van der Waals surface area contributed by atoms with Crippen molar-refractivity contribution in [3.63, 3.8) is 0 Å². The number of nitrogens with one attached hydrogen (secondary N) is 2. The molecule has 7 nitrogen and oxygen atoms in total. The van der Waals surface area contributed by atoms with Gasteiger partial charge in [-0.05, 0) is 58.7 Å². The maximum atomic E-state index is 13.1. The van der Waals surface area contributed by atoms with Crippen LogP contribution in [0, 0.1) is 10.1 Å². The van der Waals surface area contributed by atoms with E-state index >= 15 is 0 Å².